The number of hydrogen-bond acceptors (Lipinski definition) is 6. The zero-order chi connectivity index (χ0) is 33.7. The average Bonchev–Trinajstić information content (AvgIpc) is 3.42. The number of allylic oxidation sites excluding steroid dienone is 1. The van der Waals surface area contributed by atoms with E-state index in [1.807, 2.05) is 57.3 Å². The van der Waals surface area contributed by atoms with Crippen molar-refractivity contribution in [1.82, 2.24) is 20.5 Å². The number of nitrogens with zero attached hydrogens (tertiary/aromatic N) is 1. The van der Waals surface area contributed by atoms with Gasteiger partial charge in [-0.3, -0.25) is 19.2 Å². The second kappa shape index (κ2) is 15.0. The Morgan fingerprint density at radius 1 is 0.978 bits per heavy atom. The molecule has 11 heteroatoms. The number of rotatable bonds is 3. The fourth-order valence-electron chi connectivity index (χ4n) is 5.81. The molecule has 0 radical (unpaired) electrons. The smallest absolute Gasteiger partial charge is 0.308 e. The first-order valence-corrected chi connectivity index (χ1v) is 16.3. The quantitative estimate of drug-likeness (QED) is 0.216. The van der Waals surface area contributed by atoms with Crippen molar-refractivity contribution in [3.05, 3.63) is 75.9 Å². The molecule has 1 aromatic heterocycles. The van der Waals surface area contributed by atoms with Crippen LogP contribution < -0.4 is 10.6 Å². The number of aromatic hydroxyl groups is 1. The van der Waals surface area contributed by atoms with Gasteiger partial charge in [-0.2, -0.15) is 0 Å². The molecular weight excluding hydrogens is 652 g/mol. The molecule has 2 heterocycles. The Labute approximate surface area is 278 Å². The molecule has 1 aliphatic rings. The lowest BCUT2D eigenvalue weighted by Gasteiger charge is -2.32. The number of likely N-dealkylation sites (N-methyl/N-ethyl adjacent to an activating group) is 1. The number of halogens is 1. The van der Waals surface area contributed by atoms with Crippen LogP contribution >= 0.6 is 15.9 Å². The standard InChI is InChI=1S/C35H43BrN4O6/c1-19-13-20(2)23(5)46-32(42)17-29(24-11-12-31(41)27(36)15-24)39-34(44)30(16-25-18-37-28-10-8-7-9-26(25)28)40(6)35(45)22(4)38-33(43)21(3)14-19/h7-13,15,18,20-23,29-30,37,41H,14,16-17H2,1-6H3,(H,38,43)(H,39,44)/b19-13+/t20-,21+,22+,23-,29-,30-/m1/s1. The third-order valence-electron chi connectivity index (χ3n) is 8.68. The van der Waals surface area contributed by atoms with Crippen LogP contribution in [-0.2, 0) is 30.3 Å². The van der Waals surface area contributed by atoms with E-state index in [1.54, 1.807) is 33.0 Å². The number of ether oxygens (including phenoxy) is 1. The molecule has 1 aliphatic heterocycles. The summed E-state index contributed by atoms with van der Waals surface area (Å²) < 4.78 is 6.21. The first-order valence-electron chi connectivity index (χ1n) is 15.5. The van der Waals surface area contributed by atoms with Crippen LogP contribution in [0.2, 0.25) is 0 Å². The summed E-state index contributed by atoms with van der Waals surface area (Å²) in [4.78, 5) is 59.0. The summed E-state index contributed by atoms with van der Waals surface area (Å²) in [6.07, 6.45) is 3.80. The van der Waals surface area contributed by atoms with E-state index in [-0.39, 0.29) is 30.4 Å². The molecule has 0 bridgehead atoms. The molecule has 0 spiro atoms. The third-order valence-corrected chi connectivity index (χ3v) is 9.31. The number of para-hydroxylation sites is 1. The number of esters is 1. The van der Waals surface area contributed by atoms with Crippen molar-refractivity contribution < 1.29 is 29.0 Å². The lowest BCUT2D eigenvalue weighted by Crippen LogP contribution is -2.55. The maximum absolute atomic E-state index is 14.2. The number of aromatic nitrogens is 1. The fraction of sp³-hybridized carbons (Fsp3) is 0.429. The molecule has 4 N–H and O–H groups in total. The molecule has 246 valence electrons. The minimum Gasteiger partial charge on any atom is -0.507 e. The SMILES string of the molecule is C/C1=C\[C@@H](C)[C@@H](C)OC(=O)C[C@H](c2ccc(O)c(Br)c2)NC(=O)[C@@H](Cc2c[nH]c3ccccc23)N(C)C(=O)[C@H](C)NC(=O)[C@@H](C)C1. The van der Waals surface area contributed by atoms with Gasteiger partial charge in [0, 0.05) is 42.4 Å². The minimum atomic E-state index is -0.995. The summed E-state index contributed by atoms with van der Waals surface area (Å²) in [6, 6.07) is 9.71. The van der Waals surface area contributed by atoms with Crippen LogP contribution in [0.4, 0.5) is 0 Å². The summed E-state index contributed by atoms with van der Waals surface area (Å²) in [5.41, 5.74) is 3.25. The second-order valence-electron chi connectivity index (χ2n) is 12.4. The average molecular weight is 696 g/mol. The molecule has 0 unspecified atom stereocenters. The molecule has 0 aliphatic carbocycles. The number of carbonyl (C=O) groups is 4. The molecule has 10 nitrogen and oxygen atoms in total. The number of cyclic esters (lactones) is 1. The van der Waals surface area contributed by atoms with Gasteiger partial charge in [0.05, 0.1) is 16.9 Å². The van der Waals surface area contributed by atoms with E-state index in [2.05, 4.69) is 31.5 Å². The van der Waals surface area contributed by atoms with Crippen LogP contribution in [0.5, 0.6) is 5.75 Å². The number of aromatic amines is 1. The topological polar surface area (TPSA) is 141 Å². The van der Waals surface area contributed by atoms with Gasteiger partial charge in [0.2, 0.25) is 17.7 Å². The van der Waals surface area contributed by atoms with Gasteiger partial charge in [-0.1, -0.05) is 49.8 Å². The van der Waals surface area contributed by atoms with Crippen LogP contribution in [0.15, 0.2) is 64.8 Å². The van der Waals surface area contributed by atoms with E-state index in [4.69, 9.17) is 4.74 Å². The Kier molecular flexibility index (Phi) is 11.3. The number of carbonyl (C=O) groups excluding carboxylic acids is 4. The molecule has 3 amide bonds. The maximum Gasteiger partial charge on any atom is 0.308 e. The summed E-state index contributed by atoms with van der Waals surface area (Å²) in [6.45, 7) is 9.09. The summed E-state index contributed by atoms with van der Waals surface area (Å²) in [5.74, 6) is -2.24. The van der Waals surface area contributed by atoms with Gasteiger partial charge in [0.1, 0.15) is 23.9 Å². The third kappa shape index (κ3) is 8.37. The Bertz CT molecular complexity index is 1630. The van der Waals surface area contributed by atoms with E-state index in [0.717, 1.165) is 22.0 Å². The number of amides is 3. The molecular formula is C35H43BrN4O6. The van der Waals surface area contributed by atoms with Crippen LogP contribution in [0.1, 0.15) is 64.6 Å². The molecule has 0 fully saturated rings. The Morgan fingerprint density at radius 2 is 1.70 bits per heavy atom. The highest BCUT2D eigenvalue weighted by atomic mass is 79.9. The lowest BCUT2D eigenvalue weighted by molar-refractivity contribution is -0.150. The van der Waals surface area contributed by atoms with Crippen LogP contribution in [0, 0.1) is 11.8 Å². The van der Waals surface area contributed by atoms with Crippen molar-refractivity contribution >= 4 is 50.5 Å². The number of fused-ring (bicyclic) bond motifs is 1. The minimum absolute atomic E-state index is 0.00958. The van der Waals surface area contributed by atoms with Crippen molar-refractivity contribution in [2.75, 3.05) is 7.05 Å². The first-order chi connectivity index (χ1) is 21.7. The number of nitrogens with one attached hydrogen (secondary N) is 3. The highest BCUT2D eigenvalue weighted by Crippen LogP contribution is 2.30. The van der Waals surface area contributed by atoms with Crippen molar-refractivity contribution in [2.45, 2.75) is 78.1 Å². The monoisotopic (exact) mass is 694 g/mol. The first kappa shape index (κ1) is 34.7. The molecule has 4 rings (SSSR count). The van der Waals surface area contributed by atoms with Gasteiger partial charge in [-0.25, -0.2) is 0 Å². The molecule has 0 saturated heterocycles. The van der Waals surface area contributed by atoms with E-state index in [9.17, 15) is 24.3 Å². The van der Waals surface area contributed by atoms with Crippen molar-refractivity contribution in [3.63, 3.8) is 0 Å². The number of H-pyrrole nitrogens is 1. The Balaban J connectivity index is 1.75. The highest BCUT2D eigenvalue weighted by molar-refractivity contribution is 9.10. The number of phenolic OH excluding ortho intramolecular Hbond substituents is 1. The van der Waals surface area contributed by atoms with Crippen LogP contribution in [0.25, 0.3) is 10.9 Å². The second-order valence-corrected chi connectivity index (χ2v) is 13.3. The maximum atomic E-state index is 14.2. The summed E-state index contributed by atoms with van der Waals surface area (Å²) >= 11 is 3.33. The van der Waals surface area contributed by atoms with E-state index in [1.165, 1.54) is 11.0 Å². The Hall–Kier alpha value is -4.12. The zero-order valence-corrected chi connectivity index (χ0v) is 28.7. The van der Waals surface area contributed by atoms with Crippen molar-refractivity contribution in [2.24, 2.45) is 11.8 Å². The predicted molar refractivity (Wildman–Crippen MR) is 180 cm³/mol. The van der Waals surface area contributed by atoms with Gasteiger partial charge in [0.15, 0.2) is 0 Å². The van der Waals surface area contributed by atoms with Crippen LogP contribution in [0.3, 0.4) is 0 Å². The number of phenols is 1. The molecule has 0 saturated carbocycles. The number of benzene rings is 2. The predicted octanol–water partition coefficient (Wildman–Crippen LogP) is 5.31. The molecule has 6 atom stereocenters. The highest BCUT2D eigenvalue weighted by Gasteiger charge is 2.34. The largest absolute Gasteiger partial charge is 0.507 e. The molecule has 46 heavy (non-hydrogen) atoms. The van der Waals surface area contributed by atoms with E-state index in [0.29, 0.717) is 16.5 Å². The number of hydrogen-bond donors (Lipinski definition) is 4. The summed E-state index contributed by atoms with van der Waals surface area (Å²) in [5, 5.41) is 16.9. The van der Waals surface area contributed by atoms with Gasteiger partial charge < -0.3 is 30.4 Å². The molecule has 3 aromatic rings. The van der Waals surface area contributed by atoms with Gasteiger partial charge >= 0.3 is 5.97 Å². The van der Waals surface area contributed by atoms with Gasteiger partial charge in [-0.15, -0.1) is 0 Å². The van der Waals surface area contributed by atoms with Crippen LogP contribution in [-0.4, -0.2) is 63.9 Å². The zero-order valence-electron chi connectivity index (χ0n) is 27.1. The van der Waals surface area contributed by atoms with Crippen molar-refractivity contribution in [1.29, 1.82) is 0 Å². The fourth-order valence-corrected chi connectivity index (χ4v) is 6.20. The normalized spacial score (nSPS) is 27.2. The van der Waals surface area contributed by atoms with E-state index >= 15 is 0 Å². The van der Waals surface area contributed by atoms with Gasteiger partial charge in [0.25, 0.3) is 0 Å². The van der Waals surface area contributed by atoms with Gasteiger partial charge in [-0.05, 0) is 72.4 Å². The summed E-state index contributed by atoms with van der Waals surface area (Å²) in [7, 11) is 1.54. The lowest BCUT2D eigenvalue weighted by atomic mass is 9.96. The van der Waals surface area contributed by atoms with E-state index < -0.39 is 47.9 Å². The van der Waals surface area contributed by atoms with Crippen molar-refractivity contribution in [3.8, 4) is 5.75 Å². The Morgan fingerprint density at radius 3 is 2.41 bits per heavy atom. The molecule has 2 aromatic carbocycles.